The Morgan fingerprint density at radius 3 is 2.38 bits per heavy atom. The van der Waals surface area contributed by atoms with Crippen molar-refractivity contribution in [3.63, 3.8) is 0 Å². The summed E-state index contributed by atoms with van der Waals surface area (Å²) in [5, 5.41) is 2.68. The molecule has 0 atom stereocenters. The van der Waals surface area contributed by atoms with Crippen molar-refractivity contribution in [1.82, 2.24) is 5.32 Å². The van der Waals surface area contributed by atoms with Gasteiger partial charge in [0.25, 0.3) is 5.91 Å². The van der Waals surface area contributed by atoms with Crippen LogP contribution in [0.4, 0.5) is 4.39 Å². The van der Waals surface area contributed by atoms with Crippen LogP contribution in [0.25, 0.3) is 0 Å². The molecule has 1 N–H and O–H groups in total. The van der Waals surface area contributed by atoms with E-state index in [0.717, 1.165) is 0 Å². The zero-order valence-corrected chi connectivity index (χ0v) is 15.1. The van der Waals surface area contributed by atoms with Gasteiger partial charge < -0.3 is 19.5 Å². The second kappa shape index (κ2) is 8.01. The highest BCUT2D eigenvalue weighted by molar-refractivity contribution is 9.10. The highest BCUT2D eigenvalue weighted by Crippen LogP contribution is 2.44. The Hall–Kier alpha value is -2.28. The Kier molecular flexibility index (Phi) is 6.03. The van der Waals surface area contributed by atoms with Gasteiger partial charge in [0.15, 0.2) is 11.5 Å². The summed E-state index contributed by atoms with van der Waals surface area (Å²) in [6.07, 6.45) is 0. The maximum atomic E-state index is 13.6. The molecule has 0 fully saturated rings. The maximum Gasteiger partial charge on any atom is 0.252 e. The van der Waals surface area contributed by atoms with E-state index in [4.69, 9.17) is 14.2 Å². The predicted octanol–water partition coefficient (Wildman–Crippen LogP) is 3.54. The van der Waals surface area contributed by atoms with Crippen molar-refractivity contribution >= 4 is 21.8 Å². The number of carbonyl (C=O) groups excluding carboxylic acids is 1. The van der Waals surface area contributed by atoms with E-state index in [2.05, 4.69) is 21.2 Å². The summed E-state index contributed by atoms with van der Waals surface area (Å²) in [5.41, 5.74) is 0.690. The molecule has 0 saturated heterocycles. The van der Waals surface area contributed by atoms with Crippen LogP contribution < -0.4 is 19.5 Å². The Morgan fingerprint density at radius 1 is 1.12 bits per heavy atom. The summed E-state index contributed by atoms with van der Waals surface area (Å²) in [4.78, 5) is 12.5. The minimum Gasteiger partial charge on any atom is -0.493 e. The van der Waals surface area contributed by atoms with Crippen LogP contribution in [0.1, 0.15) is 15.9 Å². The summed E-state index contributed by atoms with van der Waals surface area (Å²) < 4.78 is 29.9. The molecule has 0 spiro atoms. The SMILES string of the molecule is COc1cc(C(=O)NCc2ccccc2F)c(Br)c(OC)c1OC. The molecule has 24 heavy (non-hydrogen) atoms. The van der Waals surface area contributed by atoms with Crippen LogP contribution in [0.3, 0.4) is 0 Å². The lowest BCUT2D eigenvalue weighted by atomic mass is 10.1. The number of halogens is 2. The second-order valence-electron chi connectivity index (χ2n) is 4.78. The van der Waals surface area contributed by atoms with Gasteiger partial charge in [0, 0.05) is 12.1 Å². The van der Waals surface area contributed by atoms with Crippen LogP contribution in [0.5, 0.6) is 17.2 Å². The minimum absolute atomic E-state index is 0.0641. The van der Waals surface area contributed by atoms with E-state index in [0.29, 0.717) is 32.8 Å². The summed E-state index contributed by atoms with van der Waals surface area (Å²) in [5.74, 6) is 0.296. The Labute approximate surface area is 147 Å². The third kappa shape index (κ3) is 3.62. The molecule has 0 unspecified atom stereocenters. The molecule has 0 aromatic heterocycles. The predicted molar refractivity (Wildman–Crippen MR) is 91.4 cm³/mol. The molecule has 2 aromatic rings. The summed E-state index contributed by atoms with van der Waals surface area (Å²) in [6, 6.07) is 7.79. The highest BCUT2D eigenvalue weighted by atomic mass is 79.9. The molecule has 2 aromatic carbocycles. The fourth-order valence-corrected chi connectivity index (χ4v) is 2.84. The molecule has 0 saturated carbocycles. The van der Waals surface area contributed by atoms with Crippen molar-refractivity contribution in [2.45, 2.75) is 6.54 Å². The van der Waals surface area contributed by atoms with Gasteiger partial charge in [-0.25, -0.2) is 4.39 Å². The smallest absolute Gasteiger partial charge is 0.252 e. The molecule has 7 heteroatoms. The van der Waals surface area contributed by atoms with Gasteiger partial charge in [-0.3, -0.25) is 4.79 Å². The van der Waals surface area contributed by atoms with Crippen molar-refractivity contribution in [2.75, 3.05) is 21.3 Å². The number of methoxy groups -OCH3 is 3. The first-order valence-corrected chi connectivity index (χ1v) is 7.82. The van der Waals surface area contributed by atoms with Gasteiger partial charge in [0.1, 0.15) is 5.82 Å². The molecule has 0 radical (unpaired) electrons. The number of benzene rings is 2. The van der Waals surface area contributed by atoms with Crippen LogP contribution in [0.15, 0.2) is 34.8 Å². The summed E-state index contributed by atoms with van der Waals surface area (Å²) in [7, 11) is 4.40. The number of hydrogen-bond acceptors (Lipinski definition) is 4. The lowest BCUT2D eigenvalue weighted by Crippen LogP contribution is -2.24. The Bertz CT molecular complexity index is 752. The second-order valence-corrected chi connectivity index (χ2v) is 5.57. The van der Waals surface area contributed by atoms with E-state index >= 15 is 0 Å². The van der Waals surface area contributed by atoms with Gasteiger partial charge in [-0.2, -0.15) is 0 Å². The standard InChI is InChI=1S/C17H17BrFNO4/c1-22-13-8-11(14(18)16(24-3)15(13)23-2)17(21)20-9-10-6-4-5-7-12(10)19/h4-8H,9H2,1-3H3,(H,20,21). The third-order valence-corrected chi connectivity index (χ3v) is 4.20. The molecule has 128 valence electrons. The van der Waals surface area contributed by atoms with E-state index in [1.807, 2.05) is 0 Å². The largest absolute Gasteiger partial charge is 0.493 e. The normalized spacial score (nSPS) is 10.2. The number of rotatable bonds is 6. The van der Waals surface area contributed by atoms with Crippen molar-refractivity contribution in [3.05, 3.63) is 51.7 Å². The van der Waals surface area contributed by atoms with Crippen LogP contribution >= 0.6 is 15.9 Å². The fourth-order valence-electron chi connectivity index (χ4n) is 2.20. The van der Waals surface area contributed by atoms with E-state index in [9.17, 15) is 9.18 Å². The van der Waals surface area contributed by atoms with E-state index in [-0.39, 0.29) is 12.4 Å². The number of amides is 1. The topological polar surface area (TPSA) is 56.8 Å². The van der Waals surface area contributed by atoms with Crippen LogP contribution in [0.2, 0.25) is 0 Å². The summed E-state index contributed by atoms with van der Waals surface area (Å²) >= 11 is 3.34. The molecular formula is C17H17BrFNO4. The van der Waals surface area contributed by atoms with Gasteiger partial charge in [0.05, 0.1) is 31.4 Å². The molecule has 2 rings (SSSR count). The molecular weight excluding hydrogens is 381 g/mol. The van der Waals surface area contributed by atoms with Gasteiger partial charge in [-0.15, -0.1) is 0 Å². The van der Waals surface area contributed by atoms with Crippen LogP contribution in [-0.4, -0.2) is 27.2 Å². The van der Waals surface area contributed by atoms with Crippen LogP contribution in [0, 0.1) is 5.82 Å². The highest BCUT2D eigenvalue weighted by Gasteiger charge is 2.22. The molecule has 0 aliphatic carbocycles. The average Bonchev–Trinajstić information content (AvgIpc) is 2.60. The van der Waals surface area contributed by atoms with Crippen molar-refractivity contribution in [3.8, 4) is 17.2 Å². The van der Waals surface area contributed by atoms with Gasteiger partial charge in [0.2, 0.25) is 5.75 Å². The molecule has 5 nitrogen and oxygen atoms in total. The van der Waals surface area contributed by atoms with Crippen LogP contribution in [-0.2, 0) is 6.54 Å². The van der Waals surface area contributed by atoms with E-state index in [1.165, 1.54) is 33.5 Å². The molecule has 0 aliphatic rings. The monoisotopic (exact) mass is 397 g/mol. The lowest BCUT2D eigenvalue weighted by molar-refractivity contribution is 0.0949. The van der Waals surface area contributed by atoms with Crippen molar-refractivity contribution < 1.29 is 23.4 Å². The number of nitrogens with one attached hydrogen (secondary N) is 1. The molecule has 0 heterocycles. The first kappa shape index (κ1) is 18.1. The third-order valence-electron chi connectivity index (χ3n) is 3.41. The van der Waals surface area contributed by atoms with Gasteiger partial charge in [-0.05, 0) is 28.1 Å². The first-order valence-electron chi connectivity index (χ1n) is 7.03. The number of hydrogen-bond donors (Lipinski definition) is 1. The average molecular weight is 398 g/mol. The van der Waals surface area contributed by atoms with Gasteiger partial charge in [-0.1, -0.05) is 18.2 Å². The van der Waals surface area contributed by atoms with E-state index in [1.54, 1.807) is 18.2 Å². The van der Waals surface area contributed by atoms with E-state index < -0.39 is 5.91 Å². The number of carbonyl (C=O) groups is 1. The Balaban J connectivity index is 2.30. The number of ether oxygens (including phenoxy) is 3. The fraction of sp³-hybridized carbons (Fsp3) is 0.235. The maximum absolute atomic E-state index is 13.6. The van der Waals surface area contributed by atoms with Crippen molar-refractivity contribution in [1.29, 1.82) is 0 Å². The zero-order valence-electron chi connectivity index (χ0n) is 13.5. The zero-order chi connectivity index (χ0) is 17.7. The molecule has 0 bridgehead atoms. The molecule has 0 aliphatic heterocycles. The summed E-state index contributed by atoms with van der Waals surface area (Å²) in [6.45, 7) is 0.0641. The molecule has 1 amide bonds. The van der Waals surface area contributed by atoms with Crippen molar-refractivity contribution in [2.24, 2.45) is 0 Å². The Morgan fingerprint density at radius 2 is 1.79 bits per heavy atom. The van der Waals surface area contributed by atoms with Gasteiger partial charge >= 0.3 is 0 Å². The lowest BCUT2D eigenvalue weighted by Gasteiger charge is -2.16. The minimum atomic E-state index is -0.399. The quantitative estimate of drug-likeness (QED) is 0.809. The first-order chi connectivity index (χ1) is 11.5.